The molecule has 0 bridgehead atoms. The first-order valence-electron chi connectivity index (χ1n) is 7.53. The zero-order valence-electron chi connectivity index (χ0n) is 12.2. The van der Waals surface area contributed by atoms with E-state index in [4.69, 9.17) is 0 Å². The Balaban J connectivity index is 1.83. The van der Waals surface area contributed by atoms with Crippen molar-refractivity contribution in [1.29, 1.82) is 0 Å². The zero-order valence-corrected chi connectivity index (χ0v) is 12.2. The molecule has 0 aromatic rings. The van der Waals surface area contributed by atoms with Gasteiger partial charge in [-0.05, 0) is 31.1 Å². The van der Waals surface area contributed by atoms with Gasteiger partial charge in [0.25, 0.3) is 0 Å². The second kappa shape index (κ2) is 6.62. The lowest BCUT2D eigenvalue weighted by molar-refractivity contribution is -0.325. The molecular weight excluding hydrogens is 269 g/mol. The number of hydrogen-bond donors (Lipinski definition) is 1. The Morgan fingerprint density at radius 2 is 2.00 bits per heavy atom. The Kier molecular flexibility index (Phi) is 5.31. The summed E-state index contributed by atoms with van der Waals surface area (Å²) in [5.41, 5.74) is 0. The van der Waals surface area contributed by atoms with E-state index in [1.807, 2.05) is 0 Å². The van der Waals surface area contributed by atoms with E-state index in [-0.39, 0.29) is 6.61 Å². The summed E-state index contributed by atoms with van der Waals surface area (Å²) in [6.07, 6.45) is -1.01. The van der Waals surface area contributed by atoms with Gasteiger partial charge in [0.05, 0.1) is 6.61 Å². The predicted octanol–water partition coefficient (Wildman–Crippen LogP) is 2.62. The van der Waals surface area contributed by atoms with Crippen molar-refractivity contribution >= 4 is 0 Å². The van der Waals surface area contributed by atoms with Crippen molar-refractivity contribution in [3.05, 3.63) is 0 Å². The molecule has 2 aliphatic rings. The molecular formula is C14H25F3N2O. The molecule has 1 heterocycles. The van der Waals surface area contributed by atoms with E-state index in [0.29, 0.717) is 24.5 Å². The standard InChI is InChI=1S/C14H25F3N2O/c1-10(2)7-12-8-18-13(11-3-4-11)9-19(12)5-6-20-14(15,16)17/h10-13,18H,3-9H2,1-2H3. The molecule has 3 nitrogen and oxygen atoms in total. The highest BCUT2D eigenvalue weighted by Gasteiger charge is 2.37. The Morgan fingerprint density at radius 3 is 2.55 bits per heavy atom. The molecule has 0 aromatic carbocycles. The van der Waals surface area contributed by atoms with Crippen molar-refractivity contribution in [3.63, 3.8) is 0 Å². The van der Waals surface area contributed by atoms with Gasteiger partial charge in [-0.3, -0.25) is 9.64 Å². The number of piperazine rings is 1. The van der Waals surface area contributed by atoms with Gasteiger partial charge in [-0.1, -0.05) is 13.8 Å². The molecule has 2 rings (SSSR count). The van der Waals surface area contributed by atoms with Gasteiger partial charge in [-0.2, -0.15) is 0 Å². The Morgan fingerprint density at radius 1 is 1.30 bits per heavy atom. The van der Waals surface area contributed by atoms with Gasteiger partial charge in [-0.25, -0.2) is 0 Å². The highest BCUT2D eigenvalue weighted by Crippen LogP contribution is 2.34. The molecule has 0 aromatic heterocycles. The number of alkyl halides is 3. The maximum atomic E-state index is 12.1. The van der Waals surface area contributed by atoms with Crippen LogP contribution in [0.4, 0.5) is 13.2 Å². The van der Waals surface area contributed by atoms with Crippen molar-refractivity contribution in [2.45, 2.75) is 51.6 Å². The van der Waals surface area contributed by atoms with Crippen LogP contribution in [0.1, 0.15) is 33.1 Å². The van der Waals surface area contributed by atoms with Crippen LogP contribution in [0.3, 0.4) is 0 Å². The van der Waals surface area contributed by atoms with E-state index >= 15 is 0 Å². The van der Waals surface area contributed by atoms with Gasteiger partial charge in [-0.15, -0.1) is 13.2 Å². The van der Waals surface area contributed by atoms with Gasteiger partial charge in [0.15, 0.2) is 0 Å². The fourth-order valence-electron chi connectivity index (χ4n) is 3.03. The van der Waals surface area contributed by atoms with Crippen molar-refractivity contribution in [2.24, 2.45) is 11.8 Å². The number of halogens is 3. The van der Waals surface area contributed by atoms with Crippen LogP contribution >= 0.6 is 0 Å². The third-order valence-corrected chi connectivity index (χ3v) is 4.14. The number of rotatable bonds is 6. The summed E-state index contributed by atoms with van der Waals surface area (Å²) in [4.78, 5) is 2.19. The first-order chi connectivity index (χ1) is 9.35. The monoisotopic (exact) mass is 294 g/mol. The predicted molar refractivity (Wildman–Crippen MR) is 71.3 cm³/mol. The first kappa shape index (κ1) is 16.0. The Hall–Kier alpha value is -0.330. The summed E-state index contributed by atoms with van der Waals surface area (Å²) in [5.74, 6) is 1.27. The van der Waals surface area contributed by atoms with E-state index in [1.165, 1.54) is 12.8 Å². The van der Waals surface area contributed by atoms with Crippen LogP contribution in [0, 0.1) is 11.8 Å². The van der Waals surface area contributed by atoms with Gasteiger partial charge < -0.3 is 5.32 Å². The number of nitrogens with one attached hydrogen (secondary N) is 1. The summed E-state index contributed by atoms with van der Waals surface area (Å²) in [7, 11) is 0. The minimum Gasteiger partial charge on any atom is -0.311 e. The van der Waals surface area contributed by atoms with Crippen LogP contribution < -0.4 is 5.32 Å². The largest absolute Gasteiger partial charge is 0.522 e. The maximum absolute atomic E-state index is 12.1. The Bertz CT molecular complexity index is 305. The van der Waals surface area contributed by atoms with Gasteiger partial charge in [0.1, 0.15) is 0 Å². The Labute approximate surface area is 118 Å². The average Bonchev–Trinajstić information content (AvgIpc) is 3.12. The molecule has 1 aliphatic heterocycles. The van der Waals surface area contributed by atoms with Crippen LogP contribution in [0.2, 0.25) is 0 Å². The number of nitrogens with zero attached hydrogens (tertiary/aromatic N) is 1. The fourth-order valence-corrected chi connectivity index (χ4v) is 3.03. The van der Waals surface area contributed by atoms with Crippen molar-refractivity contribution < 1.29 is 17.9 Å². The second-order valence-electron chi connectivity index (χ2n) is 6.42. The molecule has 2 fully saturated rings. The number of ether oxygens (including phenoxy) is 1. The highest BCUT2D eigenvalue weighted by molar-refractivity contribution is 4.94. The summed E-state index contributed by atoms with van der Waals surface area (Å²) < 4.78 is 40.2. The first-order valence-corrected chi connectivity index (χ1v) is 7.53. The van der Waals surface area contributed by atoms with Crippen LogP contribution in [-0.2, 0) is 4.74 Å². The minimum absolute atomic E-state index is 0.268. The van der Waals surface area contributed by atoms with E-state index in [1.54, 1.807) is 0 Å². The van der Waals surface area contributed by atoms with Crippen LogP contribution in [-0.4, -0.2) is 49.6 Å². The summed E-state index contributed by atoms with van der Waals surface area (Å²) >= 11 is 0. The van der Waals surface area contributed by atoms with Gasteiger partial charge in [0, 0.05) is 31.7 Å². The lowest BCUT2D eigenvalue weighted by atomic mass is 9.98. The quantitative estimate of drug-likeness (QED) is 0.815. The molecule has 6 heteroatoms. The van der Waals surface area contributed by atoms with Crippen molar-refractivity contribution in [2.75, 3.05) is 26.2 Å². The fraction of sp³-hybridized carbons (Fsp3) is 1.00. The maximum Gasteiger partial charge on any atom is 0.522 e. The summed E-state index contributed by atoms with van der Waals surface area (Å²) in [6, 6.07) is 0.770. The lowest BCUT2D eigenvalue weighted by Gasteiger charge is -2.41. The van der Waals surface area contributed by atoms with Crippen molar-refractivity contribution in [3.8, 4) is 0 Å². The molecule has 1 aliphatic carbocycles. The van der Waals surface area contributed by atoms with E-state index < -0.39 is 6.36 Å². The highest BCUT2D eigenvalue weighted by atomic mass is 19.4. The molecule has 1 saturated carbocycles. The third-order valence-electron chi connectivity index (χ3n) is 4.14. The SMILES string of the molecule is CC(C)CC1CNC(C2CC2)CN1CCOC(F)(F)F. The topological polar surface area (TPSA) is 24.5 Å². The van der Waals surface area contributed by atoms with E-state index in [9.17, 15) is 13.2 Å². The molecule has 2 atom stereocenters. The van der Waals surface area contributed by atoms with Crippen LogP contribution in [0.5, 0.6) is 0 Å². The summed E-state index contributed by atoms with van der Waals surface area (Å²) in [5, 5.41) is 3.57. The smallest absolute Gasteiger partial charge is 0.311 e. The molecule has 0 radical (unpaired) electrons. The van der Waals surface area contributed by atoms with Crippen LogP contribution in [0.15, 0.2) is 0 Å². The van der Waals surface area contributed by atoms with E-state index in [2.05, 4.69) is 28.8 Å². The molecule has 1 saturated heterocycles. The molecule has 2 unspecified atom stereocenters. The van der Waals surface area contributed by atoms with Crippen LogP contribution in [0.25, 0.3) is 0 Å². The molecule has 0 spiro atoms. The molecule has 20 heavy (non-hydrogen) atoms. The molecule has 0 amide bonds. The molecule has 1 N–H and O–H groups in total. The van der Waals surface area contributed by atoms with Crippen molar-refractivity contribution in [1.82, 2.24) is 10.2 Å². The van der Waals surface area contributed by atoms with Gasteiger partial charge >= 0.3 is 6.36 Å². The summed E-state index contributed by atoms with van der Waals surface area (Å²) in [6.45, 7) is 6.13. The minimum atomic E-state index is -4.52. The lowest BCUT2D eigenvalue weighted by Crippen LogP contribution is -2.58. The average molecular weight is 294 g/mol. The second-order valence-corrected chi connectivity index (χ2v) is 6.42. The zero-order chi connectivity index (χ0) is 14.8. The van der Waals surface area contributed by atoms with E-state index in [0.717, 1.165) is 25.4 Å². The third kappa shape index (κ3) is 5.22. The normalized spacial score (nSPS) is 29.1. The molecule has 118 valence electrons. The number of hydrogen-bond acceptors (Lipinski definition) is 3. The van der Waals surface area contributed by atoms with Gasteiger partial charge in [0.2, 0.25) is 0 Å².